The van der Waals surface area contributed by atoms with Crippen LogP contribution in [0, 0.1) is 22.0 Å². The lowest BCUT2D eigenvalue weighted by Gasteiger charge is -2.16. The Morgan fingerprint density at radius 2 is 2.33 bits per heavy atom. The molecule has 0 spiro atoms. The molecule has 1 aromatic rings. The normalized spacial score (nSPS) is 22.9. The fourth-order valence-electron chi connectivity index (χ4n) is 2.46. The number of nitrogens with two attached hydrogens (primary N) is 1. The van der Waals surface area contributed by atoms with Crippen LogP contribution in [-0.2, 0) is 0 Å². The zero-order chi connectivity index (χ0) is 13.1. The van der Waals surface area contributed by atoms with E-state index in [9.17, 15) is 10.1 Å². The van der Waals surface area contributed by atoms with Crippen LogP contribution in [0.4, 0.5) is 17.3 Å². The highest BCUT2D eigenvalue weighted by molar-refractivity contribution is 5.67. The molecule has 0 saturated heterocycles. The van der Waals surface area contributed by atoms with E-state index in [-0.39, 0.29) is 17.3 Å². The lowest BCUT2D eigenvalue weighted by atomic mass is 9.98. The number of nitrogen functional groups attached to an aromatic ring is 1. The summed E-state index contributed by atoms with van der Waals surface area (Å²) in [6, 6.07) is 0. The Kier molecular flexibility index (Phi) is 3.59. The summed E-state index contributed by atoms with van der Waals surface area (Å²) in [6.07, 6.45) is 4.84. The van der Waals surface area contributed by atoms with Crippen LogP contribution in [0.2, 0.25) is 0 Å². The van der Waals surface area contributed by atoms with E-state index in [0.29, 0.717) is 18.4 Å². The number of hydrogen-bond acceptors (Lipinski definition) is 6. The Morgan fingerprint density at radius 1 is 1.56 bits per heavy atom. The van der Waals surface area contributed by atoms with Gasteiger partial charge in [0.2, 0.25) is 11.6 Å². The second kappa shape index (κ2) is 5.16. The predicted molar refractivity (Wildman–Crippen MR) is 68.1 cm³/mol. The first kappa shape index (κ1) is 12.5. The summed E-state index contributed by atoms with van der Waals surface area (Å²) >= 11 is 0. The summed E-state index contributed by atoms with van der Waals surface area (Å²) < 4.78 is 0. The van der Waals surface area contributed by atoms with Crippen molar-refractivity contribution in [2.45, 2.75) is 26.2 Å². The standard InChI is InChI=1S/C11H17N5O2/c1-7-3-2-4-8(7)5-13-11-9(16(17)18)10(12)14-6-15-11/h6-8H,2-5H2,1H3,(H3,12,13,14,15). The Hall–Kier alpha value is -1.92. The summed E-state index contributed by atoms with van der Waals surface area (Å²) in [7, 11) is 0. The van der Waals surface area contributed by atoms with Crippen molar-refractivity contribution in [3.8, 4) is 0 Å². The molecule has 2 rings (SSSR count). The second-order valence-corrected chi connectivity index (χ2v) is 4.76. The second-order valence-electron chi connectivity index (χ2n) is 4.76. The lowest BCUT2D eigenvalue weighted by molar-refractivity contribution is -0.383. The zero-order valence-electron chi connectivity index (χ0n) is 10.3. The van der Waals surface area contributed by atoms with Crippen LogP contribution in [0.3, 0.4) is 0 Å². The van der Waals surface area contributed by atoms with E-state index in [1.54, 1.807) is 0 Å². The smallest absolute Gasteiger partial charge is 0.352 e. The molecule has 2 unspecified atom stereocenters. The number of nitro groups is 1. The van der Waals surface area contributed by atoms with E-state index >= 15 is 0 Å². The maximum absolute atomic E-state index is 10.9. The van der Waals surface area contributed by atoms with Gasteiger partial charge in [-0.3, -0.25) is 10.1 Å². The highest BCUT2D eigenvalue weighted by Gasteiger charge is 2.25. The predicted octanol–water partition coefficient (Wildman–Crippen LogP) is 1.82. The minimum atomic E-state index is -0.546. The molecule has 0 aliphatic heterocycles. The molecule has 0 radical (unpaired) electrons. The average molecular weight is 251 g/mol. The van der Waals surface area contributed by atoms with Gasteiger partial charge in [0.15, 0.2) is 0 Å². The van der Waals surface area contributed by atoms with E-state index in [1.165, 1.54) is 19.2 Å². The number of anilines is 2. The number of nitrogens with zero attached hydrogens (tertiary/aromatic N) is 3. The van der Waals surface area contributed by atoms with Gasteiger partial charge in [-0.05, 0) is 18.3 Å². The van der Waals surface area contributed by atoms with Gasteiger partial charge in [-0.1, -0.05) is 19.8 Å². The fraction of sp³-hybridized carbons (Fsp3) is 0.636. The average Bonchev–Trinajstić information content (AvgIpc) is 2.71. The molecule has 1 saturated carbocycles. The monoisotopic (exact) mass is 251 g/mol. The molecule has 1 aromatic heterocycles. The molecule has 3 N–H and O–H groups in total. The van der Waals surface area contributed by atoms with Crippen molar-refractivity contribution in [2.24, 2.45) is 11.8 Å². The molecule has 0 bridgehead atoms. The van der Waals surface area contributed by atoms with Gasteiger partial charge in [-0.2, -0.15) is 0 Å². The van der Waals surface area contributed by atoms with Crippen molar-refractivity contribution in [2.75, 3.05) is 17.6 Å². The summed E-state index contributed by atoms with van der Waals surface area (Å²) in [5.41, 5.74) is 5.27. The number of rotatable bonds is 4. The van der Waals surface area contributed by atoms with Crippen LogP contribution in [-0.4, -0.2) is 21.4 Å². The highest BCUT2D eigenvalue weighted by Crippen LogP contribution is 2.32. The van der Waals surface area contributed by atoms with Crippen molar-refractivity contribution < 1.29 is 4.92 Å². The van der Waals surface area contributed by atoms with Gasteiger partial charge in [0.1, 0.15) is 6.33 Å². The summed E-state index contributed by atoms with van der Waals surface area (Å²) in [5, 5.41) is 13.9. The van der Waals surface area contributed by atoms with Gasteiger partial charge in [0.05, 0.1) is 4.92 Å². The molecule has 98 valence electrons. The van der Waals surface area contributed by atoms with Crippen molar-refractivity contribution >= 4 is 17.3 Å². The minimum absolute atomic E-state index is 0.100. The number of aromatic nitrogens is 2. The Balaban J connectivity index is 2.09. The van der Waals surface area contributed by atoms with Crippen LogP contribution in [0.25, 0.3) is 0 Å². The maximum atomic E-state index is 10.9. The SMILES string of the molecule is CC1CCCC1CNc1ncnc(N)c1[N+](=O)[O-]. The molecule has 1 aliphatic rings. The topological polar surface area (TPSA) is 107 Å². The Labute approximate surface area is 105 Å². The van der Waals surface area contributed by atoms with E-state index in [2.05, 4.69) is 22.2 Å². The van der Waals surface area contributed by atoms with Crippen LogP contribution < -0.4 is 11.1 Å². The molecular formula is C11H17N5O2. The third-order valence-electron chi connectivity index (χ3n) is 3.60. The molecular weight excluding hydrogens is 234 g/mol. The molecule has 1 aliphatic carbocycles. The molecule has 2 atom stereocenters. The number of nitrogens with one attached hydrogen (secondary N) is 1. The van der Waals surface area contributed by atoms with Crippen LogP contribution in [0.15, 0.2) is 6.33 Å². The van der Waals surface area contributed by atoms with Crippen LogP contribution >= 0.6 is 0 Å². The Morgan fingerprint density at radius 3 is 2.94 bits per heavy atom. The van der Waals surface area contributed by atoms with Gasteiger partial charge in [-0.15, -0.1) is 0 Å². The lowest BCUT2D eigenvalue weighted by Crippen LogP contribution is -2.18. The first-order chi connectivity index (χ1) is 8.59. The summed E-state index contributed by atoms with van der Waals surface area (Å²) in [5.74, 6) is 1.31. The maximum Gasteiger partial charge on any atom is 0.352 e. The highest BCUT2D eigenvalue weighted by atomic mass is 16.6. The van der Waals surface area contributed by atoms with Gasteiger partial charge < -0.3 is 11.1 Å². The molecule has 1 fully saturated rings. The van der Waals surface area contributed by atoms with Crippen molar-refractivity contribution in [3.63, 3.8) is 0 Å². The summed E-state index contributed by atoms with van der Waals surface area (Å²) in [4.78, 5) is 17.9. The van der Waals surface area contributed by atoms with Crippen molar-refractivity contribution in [1.82, 2.24) is 9.97 Å². The van der Waals surface area contributed by atoms with E-state index in [0.717, 1.165) is 6.42 Å². The zero-order valence-corrected chi connectivity index (χ0v) is 10.3. The van der Waals surface area contributed by atoms with Crippen molar-refractivity contribution in [3.05, 3.63) is 16.4 Å². The first-order valence-corrected chi connectivity index (χ1v) is 6.08. The molecule has 7 nitrogen and oxygen atoms in total. The Bertz CT molecular complexity index is 451. The molecule has 7 heteroatoms. The minimum Gasteiger partial charge on any atom is -0.378 e. The third kappa shape index (κ3) is 2.49. The first-order valence-electron chi connectivity index (χ1n) is 6.08. The molecule has 1 heterocycles. The van der Waals surface area contributed by atoms with Gasteiger partial charge in [0, 0.05) is 6.54 Å². The van der Waals surface area contributed by atoms with E-state index in [4.69, 9.17) is 5.73 Å². The van der Waals surface area contributed by atoms with E-state index in [1.807, 2.05) is 0 Å². The van der Waals surface area contributed by atoms with Gasteiger partial charge in [-0.25, -0.2) is 9.97 Å². The largest absolute Gasteiger partial charge is 0.378 e. The fourth-order valence-corrected chi connectivity index (χ4v) is 2.46. The number of hydrogen-bond donors (Lipinski definition) is 2. The molecule has 18 heavy (non-hydrogen) atoms. The molecule has 0 amide bonds. The van der Waals surface area contributed by atoms with Gasteiger partial charge >= 0.3 is 5.69 Å². The van der Waals surface area contributed by atoms with Crippen molar-refractivity contribution in [1.29, 1.82) is 0 Å². The van der Waals surface area contributed by atoms with E-state index < -0.39 is 4.92 Å². The van der Waals surface area contributed by atoms with Crippen LogP contribution in [0.1, 0.15) is 26.2 Å². The summed E-state index contributed by atoms with van der Waals surface area (Å²) in [6.45, 7) is 2.90. The van der Waals surface area contributed by atoms with Gasteiger partial charge in [0.25, 0.3) is 0 Å². The quantitative estimate of drug-likeness (QED) is 0.624. The van der Waals surface area contributed by atoms with Crippen LogP contribution in [0.5, 0.6) is 0 Å². The third-order valence-corrected chi connectivity index (χ3v) is 3.60. The molecule has 0 aromatic carbocycles.